The van der Waals surface area contributed by atoms with E-state index in [1.807, 2.05) is 31.2 Å². The van der Waals surface area contributed by atoms with Gasteiger partial charge in [0.05, 0.1) is 5.69 Å². The molecule has 0 radical (unpaired) electrons. The minimum atomic E-state index is 0.196. The number of hydrogen-bond donors (Lipinski definition) is 2. The second-order valence-corrected chi connectivity index (χ2v) is 4.80. The van der Waals surface area contributed by atoms with Crippen LogP contribution in [0.1, 0.15) is 24.6 Å². The molecule has 19 heavy (non-hydrogen) atoms. The smallest absolute Gasteiger partial charge is 0.226 e. The Morgan fingerprint density at radius 3 is 2.74 bits per heavy atom. The van der Waals surface area contributed by atoms with Crippen molar-refractivity contribution in [3.63, 3.8) is 0 Å². The number of nitrogens with zero attached hydrogens (tertiary/aromatic N) is 1. The summed E-state index contributed by atoms with van der Waals surface area (Å²) in [5.41, 5.74) is 3.08. The van der Waals surface area contributed by atoms with Crippen molar-refractivity contribution < 1.29 is 9.52 Å². The molecule has 0 bridgehead atoms. The van der Waals surface area contributed by atoms with E-state index in [2.05, 4.69) is 17.2 Å². The highest BCUT2D eigenvalue weighted by atomic mass is 16.3. The lowest BCUT2D eigenvalue weighted by Crippen LogP contribution is -2.26. The van der Waals surface area contributed by atoms with Gasteiger partial charge in [-0.25, -0.2) is 4.98 Å². The highest BCUT2D eigenvalue weighted by molar-refractivity contribution is 5.53. The molecule has 1 heterocycles. The summed E-state index contributed by atoms with van der Waals surface area (Å²) in [5, 5.41) is 12.1. The lowest BCUT2D eigenvalue weighted by molar-refractivity contribution is 0.268. The predicted molar refractivity (Wildman–Crippen MR) is 74.7 cm³/mol. The van der Waals surface area contributed by atoms with E-state index in [-0.39, 0.29) is 12.6 Å². The van der Waals surface area contributed by atoms with Gasteiger partial charge in [-0.3, -0.25) is 0 Å². The van der Waals surface area contributed by atoms with Crippen LogP contribution >= 0.6 is 0 Å². The molecule has 0 fully saturated rings. The van der Waals surface area contributed by atoms with Crippen LogP contribution < -0.4 is 5.32 Å². The third-order valence-electron chi connectivity index (χ3n) is 3.04. The molecule has 0 saturated heterocycles. The molecule has 0 aliphatic rings. The van der Waals surface area contributed by atoms with Gasteiger partial charge in [0.25, 0.3) is 0 Å². The number of nitrogens with one attached hydrogen (secondary N) is 1. The van der Waals surface area contributed by atoms with Crippen molar-refractivity contribution in [2.75, 3.05) is 6.61 Å². The Hall–Kier alpha value is -1.65. The largest absolute Gasteiger partial charge is 0.444 e. The number of benzene rings is 1. The van der Waals surface area contributed by atoms with Gasteiger partial charge in [0.1, 0.15) is 6.26 Å². The average molecular weight is 260 g/mol. The fourth-order valence-corrected chi connectivity index (χ4v) is 1.79. The first-order valence-corrected chi connectivity index (χ1v) is 6.54. The molecule has 0 aliphatic heterocycles. The molecule has 0 spiro atoms. The average Bonchev–Trinajstić information content (AvgIpc) is 2.86. The number of aliphatic hydroxyl groups is 1. The molecule has 4 nitrogen and oxygen atoms in total. The molecule has 1 aromatic carbocycles. The van der Waals surface area contributed by atoms with Crippen molar-refractivity contribution in [2.24, 2.45) is 0 Å². The quantitative estimate of drug-likeness (QED) is 0.838. The Bertz CT molecular complexity index is 505. The number of aliphatic hydroxyl groups excluding tert-OH is 1. The number of aromatic nitrogens is 1. The molecular formula is C15H20N2O2. The standard InChI is InChI=1S/C15H20N2O2/c1-11-3-5-13(6-4-11)15-17-14(10-19-15)9-16-12(2)7-8-18/h3-6,10,12,16,18H,7-9H2,1-2H3. The van der Waals surface area contributed by atoms with E-state index in [1.165, 1.54) is 5.56 Å². The van der Waals surface area contributed by atoms with Crippen LogP contribution in [0.25, 0.3) is 11.5 Å². The predicted octanol–water partition coefficient (Wildman–Crippen LogP) is 2.51. The van der Waals surface area contributed by atoms with Crippen molar-refractivity contribution in [1.82, 2.24) is 10.3 Å². The SMILES string of the molecule is Cc1ccc(-c2nc(CNC(C)CCO)co2)cc1. The monoisotopic (exact) mass is 260 g/mol. The fourth-order valence-electron chi connectivity index (χ4n) is 1.79. The molecule has 2 N–H and O–H groups in total. The molecule has 0 aliphatic carbocycles. The lowest BCUT2D eigenvalue weighted by Gasteiger charge is -2.09. The summed E-state index contributed by atoms with van der Waals surface area (Å²) in [5.74, 6) is 0.645. The van der Waals surface area contributed by atoms with Gasteiger partial charge in [-0.15, -0.1) is 0 Å². The summed E-state index contributed by atoms with van der Waals surface area (Å²) in [7, 11) is 0. The molecule has 0 amide bonds. The van der Waals surface area contributed by atoms with Crippen LogP contribution in [-0.4, -0.2) is 22.7 Å². The van der Waals surface area contributed by atoms with Gasteiger partial charge < -0.3 is 14.8 Å². The summed E-state index contributed by atoms with van der Waals surface area (Å²) < 4.78 is 5.48. The summed E-state index contributed by atoms with van der Waals surface area (Å²) in [6.45, 7) is 4.94. The van der Waals surface area contributed by atoms with E-state index in [0.717, 1.165) is 17.7 Å². The minimum absolute atomic E-state index is 0.196. The summed E-state index contributed by atoms with van der Waals surface area (Å²) in [6.07, 6.45) is 2.41. The Kier molecular flexibility index (Phi) is 4.71. The highest BCUT2D eigenvalue weighted by Crippen LogP contribution is 2.19. The van der Waals surface area contributed by atoms with Crippen molar-refractivity contribution in [2.45, 2.75) is 32.9 Å². The number of hydrogen-bond acceptors (Lipinski definition) is 4. The first-order chi connectivity index (χ1) is 9.19. The maximum Gasteiger partial charge on any atom is 0.226 e. The Labute approximate surface area is 113 Å². The summed E-state index contributed by atoms with van der Waals surface area (Å²) in [4.78, 5) is 4.45. The van der Waals surface area contributed by atoms with E-state index in [1.54, 1.807) is 6.26 Å². The molecule has 102 valence electrons. The Morgan fingerprint density at radius 2 is 2.05 bits per heavy atom. The maximum absolute atomic E-state index is 8.83. The topological polar surface area (TPSA) is 58.3 Å². The van der Waals surface area contributed by atoms with Crippen molar-refractivity contribution in [3.8, 4) is 11.5 Å². The Morgan fingerprint density at radius 1 is 1.32 bits per heavy atom. The van der Waals surface area contributed by atoms with Gasteiger partial charge in [-0.2, -0.15) is 0 Å². The third-order valence-corrected chi connectivity index (χ3v) is 3.04. The van der Waals surface area contributed by atoms with Crippen LogP contribution in [0.4, 0.5) is 0 Å². The van der Waals surface area contributed by atoms with Gasteiger partial charge in [0.2, 0.25) is 5.89 Å². The van der Waals surface area contributed by atoms with Crippen LogP contribution in [0.2, 0.25) is 0 Å². The molecule has 2 aromatic rings. The first-order valence-electron chi connectivity index (χ1n) is 6.54. The minimum Gasteiger partial charge on any atom is -0.444 e. The maximum atomic E-state index is 8.83. The number of rotatable bonds is 6. The fraction of sp³-hybridized carbons (Fsp3) is 0.400. The van der Waals surface area contributed by atoms with Crippen molar-refractivity contribution in [1.29, 1.82) is 0 Å². The zero-order valence-electron chi connectivity index (χ0n) is 11.4. The van der Waals surface area contributed by atoms with Gasteiger partial charge >= 0.3 is 0 Å². The first kappa shape index (κ1) is 13.8. The zero-order valence-corrected chi connectivity index (χ0v) is 11.4. The lowest BCUT2D eigenvalue weighted by atomic mass is 10.1. The van der Waals surface area contributed by atoms with Gasteiger partial charge in [0.15, 0.2) is 0 Å². The zero-order chi connectivity index (χ0) is 13.7. The molecule has 1 atom stereocenters. The summed E-state index contributed by atoms with van der Waals surface area (Å²) in [6, 6.07) is 8.37. The van der Waals surface area contributed by atoms with Gasteiger partial charge in [-0.1, -0.05) is 17.7 Å². The molecule has 1 aromatic heterocycles. The summed E-state index contributed by atoms with van der Waals surface area (Å²) >= 11 is 0. The third kappa shape index (κ3) is 3.91. The second kappa shape index (κ2) is 6.50. The van der Waals surface area contributed by atoms with E-state index in [0.29, 0.717) is 12.4 Å². The van der Waals surface area contributed by atoms with E-state index >= 15 is 0 Å². The normalized spacial score (nSPS) is 12.6. The van der Waals surface area contributed by atoms with Crippen molar-refractivity contribution in [3.05, 3.63) is 41.8 Å². The van der Waals surface area contributed by atoms with Crippen LogP contribution in [0.15, 0.2) is 34.9 Å². The van der Waals surface area contributed by atoms with E-state index < -0.39 is 0 Å². The molecular weight excluding hydrogens is 240 g/mol. The molecule has 4 heteroatoms. The van der Waals surface area contributed by atoms with Crippen molar-refractivity contribution >= 4 is 0 Å². The van der Waals surface area contributed by atoms with Gasteiger partial charge in [-0.05, 0) is 32.4 Å². The van der Waals surface area contributed by atoms with E-state index in [9.17, 15) is 0 Å². The number of oxazole rings is 1. The van der Waals surface area contributed by atoms with Crippen LogP contribution in [0, 0.1) is 6.92 Å². The Balaban J connectivity index is 1.97. The van der Waals surface area contributed by atoms with Crippen LogP contribution in [0.5, 0.6) is 0 Å². The van der Waals surface area contributed by atoms with Gasteiger partial charge in [0, 0.05) is 24.8 Å². The second-order valence-electron chi connectivity index (χ2n) is 4.80. The highest BCUT2D eigenvalue weighted by Gasteiger charge is 2.07. The molecule has 2 rings (SSSR count). The van der Waals surface area contributed by atoms with Crippen LogP contribution in [-0.2, 0) is 6.54 Å². The number of aryl methyl sites for hydroxylation is 1. The molecule has 0 saturated carbocycles. The van der Waals surface area contributed by atoms with Crippen LogP contribution in [0.3, 0.4) is 0 Å². The molecule has 1 unspecified atom stereocenters. The van der Waals surface area contributed by atoms with E-state index in [4.69, 9.17) is 9.52 Å².